The summed E-state index contributed by atoms with van der Waals surface area (Å²) in [6, 6.07) is 3.10. The van der Waals surface area contributed by atoms with Gasteiger partial charge in [-0.25, -0.2) is 8.42 Å². The number of hydrogen-bond donors (Lipinski definition) is 1. The van der Waals surface area contributed by atoms with Crippen LogP contribution < -0.4 is 0 Å². The van der Waals surface area contributed by atoms with Crippen molar-refractivity contribution in [2.24, 2.45) is 0 Å². The molecule has 0 amide bonds. The Morgan fingerprint density at radius 1 is 1.56 bits per heavy atom. The van der Waals surface area contributed by atoms with E-state index in [1.165, 1.54) is 15.6 Å². The highest BCUT2D eigenvalue weighted by Crippen LogP contribution is 2.29. The van der Waals surface area contributed by atoms with E-state index < -0.39 is 16.1 Å². The van der Waals surface area contributed by atoms with Crippen LogP contribution in [0.4, 0.5) is 0 Å². The highest BCUT2D eigenvalue weighted by Gasteiger charge is 2.37. The summed E-state index contributed by atoms with van der Waals surface area (Å²) in [6.07, 6.45) is 2.62. The number of aliphatic hydroxyl groups is 1. The van der Waals surface area contributed by atoms with Gasteiger partial charge in [0, 0.05) is 6.54 Å². The van der Waals surface area contributed by atoms with E-state index in [2.05, 4.69) is 0 Å². The average Bonchev–Trinajstić information content (AvgIpc) is 2.92. The third kappa shape index (κ3) is 2.61. The van der Waals surface area contributed by atoms with E-state index in [-0.39, 0.29) is 6.04 Å². The molecule has 1 aromatic heterocycles. The van der Waals surface area contributed by atoms with E-state index in [4.69, 9.17) is 0 Å². The molecular formula is C12H19NO3S2. The first-order valence-corrected chi connectivity index (χ1v) is 8.62. The summed E-state index contributed by atoms with van der Waals surface area (Å²) in [7, 11) is -3.43. The van der Waals surface area contributed by atoms with Gasteiger partial charge < -0.3 is 5.11 Å². The lowest BCUT2D eigenvalue weighted by Gasteiger charge is -2.36. The topological polar surface area (TPSA) is 57.6 Å². The monoisotopic (exact) mass is 289 g/mol. The molecule has 1 N–H and O–H groups in total. The van der Waals surface area contributed by atoms with Crippen molar-refractivity contribution >= 4 is 21.4 Å². The van der Waals surface area contributed by atoms with Crippen molar-refractivity contribution in [2.45, 2.75) is 49.0 Å². The number of piperidine rings is 1. The van der Waals surface area contributed by atoms with Gasteiger partial charge in [-0.1, -0.05) is 19.4 Å². The number of rotatable bonds is 4. The first-order chi connectivity index (χ1) is 8.57. The van der Waals surface area contributed by atoms with Gasteiger partial charge in [-0.2, -0.15) is 4.31 Å². The molecule has 1 aliphatic heterocycles. The predicted octanol–water partition coefficient (Wildman–Crippen LogP) is 2.06. The maximum absolute atomic E-state index is 12.5. The minimum absolute atomic E-state index is 0.268. The number of aliphatic hydroxyl groups excluding tert-OH is 1. The van der Waals surface area contributed by atoms with Crippen molar-refractivity contribution in [1.29, 1.82) is 0 Å². The van der Waals surface area contributed by atoms with Crippen LogP contribution in [0.25, 0.3) is 0 Å². The Balaban J connectivity index is 2.29. The average molecular weight is 289 g/mol. The van der Waals surface area contributed by atoms with Gasteiger partial charge in [0.15, 0.2) is 0 Å². The molecule has 0 aromatic carbocycles. The van der Waals surface area contributed by atoms with Crippen LogP contribution in [0.5, 0.6) is 0 Å². The lowest BCUT2D eigenvalue weighted by molar-refractivity contribution is 0.0668. The van der Waals surface area contributed by atoms with Crippen molar-refractivity contribution < 1.29 is 13.5 Å². The lowest BCUT2D eigenvalue weighted by Crippen LogP contribution is -2.49. The van der Waals surface area contributed by atoms with Gasteiger partial charge in [-0.05, 0) is 30.7 Å². The van der Waals surface area contributed by atoms with Gasteiger partial charge in [-0.15, -0.1) is 11.3 Å². The van der Waals surface area contributed by atoms with Crippen molar-refractivity contribution in [3.05, 3.63) is 17.5 Å². The van der Waals surface area contributed by atoms with Crippen LogP contribution in [0, 0.1) is 0 Å². The highest BCUT2D eigenvalue weighted by molar-refractivity contribution is 7.91. The Morgan fingerprint density at radius 2 is 2.33 bits per heavy atom. The zero-order valence-corrected chi connectivity index (χ0v) is 12.1. The van der Waals surface area contributed by atoms with Crippen LogP contribution in [-0.4, -0.2) is 36.5 Å². The Labute approximate surface area is 112 Å². The maximum atomic E-state index is 12.5. The summed E-state index contributed by atoms with van der Waals surface area (Å²) in [4.78, 5) is 0. The lowest BCUT2D eigenvalue weighted by atomic mass is 9.98. The molecule has 1 aliphatic rings. The SMILES string of the molecule is CCC(O)C1CCCCN1S(=O)(=O)c1cccs1. The predicted molar refractivity (Wildman–Crippen MR) is 72.1 cm³/mol. The number of sulfonamides is 1. The van der Waals surface area contributed by atoms with Gasteiger partial charge in [0.1, 0.15) is 4.21 Å². The molecule has 0 aliphatic carbocycles. The summed E-state index contributed by atoms with van der Waals surface area (Å²) in [6.45, 7) is 2.40. The van der Waals surface area contributed by atoms with Crippen molar-refractivity contribution in [1.82, 2.24) is 4.31 Å². The molecule has 1 fully saturated rings. The van der Waals surface area contributed by atoms with E-state index in [9.17, 15) is 13.5 Å². The Kier molecular flexibility index (Phi) is 4.42. The Morgan fingerprint density at radius 3 is 2.94 bits per heavy atom. The molecule has 1 saturated heterocycles. The molecule has 2 rings (SSSR count). The number of thiophene rings is 1. The summed E-state index contributed by atoms with van der Waals surface area (Å²) < 4.78 is 26.9. The molecule has 4 nitrogen and oxygen atoms in total. The first kappa shape index (κ1) is 14.0. The summed E-state index contributed by atoms with van der Waals surface area (Å²) >= 11 is 1.23. The molecule has 2 unspecified atom stereocenters. The summed E-state index contributed by atoms with van der Waals surface area (Å²) in [5.41, 5.74) is 0. The fourth-order valence-corrected chi connectivity index (χ4v) is 5.25. The van der Waals surface area contributed by atoms with E-state index >= 15 is 0 Å². The molecule has 0 spiro atoms. The van der Waals surface area contributed by atoms with E-state index in [1.54, 1.807) is 17.5 Å². The normalized spacial score (nSPS) is 24.0. The molecule has 6 heteroatoms. The summed E-state index contributed by atoms with van der Waals surface area (Å²) in [5, 5.41) is 11.8. The highest BCUT2D eigenvalue weighted by atomic mass is 32.2. The molecule has 1 aromatic rings. The van der Waals surface area contributed by atoms with Crippen LogP contribution in [0.3, 0.4) is 0 Å². The largest absolute Gasteiger partial charge is 0.391 e. The second kappa shape index (κ2) is 5.69. The van der Waals surface area contributed by atoms with Crippen LogP contribution in [0.1, 0.15) is 32.6 Å². The van der Waals surface area contributed by atoms with Gasteiger partial charge in [0.2, 0.25) is 0 Å². The van der Waals surface area contributed by atoms with Gasteiger partial charge in [0.05, 0.1) is 12.1 Å². The molecule has 0 radical (unpaired) electrons. The quantitative estimate of drug-likeness (QED) is 0.923. The molecule has 102 valence electrons. The second-order valence-corrected chi connectivity index (χ2v) is 7.65. The third-order valence-corrected chi connectivity index (χ3v) is 6.72. The number of nitrogens with zero attached hydrogens (tertiary/aromatic N) is 1. The molecule has 2 atom stereocenters. The molecule has 18 heavy (non-hydrogen) atoms. The molecule has 0 saturated carbocycles. The van der Waals surface area contributed by atoms with Gasteiger partial charge in [-0.3, -0.25) is 0 Å². The first-order valence-electron chi connectivity index (χ1n) is 6.30. The van der Waals surface area contributed by atoms with Crippen LogP contribution in [0.2, 0.25) is 0 Å². The van der Waals surface area contributed by atoms with Crippen molar-refractivity contribution in [3.63, 3.8) is 0 Å². The van der Waals surface area contributed by atoms with Crippen LogP contribution in [-0.2, 0) is 10.0 Å². The maximum Gasteiger partial charge on any atom is 0.252 e. The van der Waals surface area contributed by atoms with Crippen LogP contribution in [0.15, 0.2) is 21.7 Å². The Bertz CT molecular complexity index is 470. The fraction of sp³-hybridized carbons (Fsp3) is 0.667. The third-order valence-electron chi connectivity index (χ3n) is 3.42. The van der Waals surface area contributed by atoms with Gasteiger partial charge in [0.25, 0.3) is 10.0 Å². The minimum Gasteiger partial charge on any atom is -0.391 e. The van der Waals surface area contributed by atoms with Crippen molar-refractivity contribution in [3.8, 4) is 0 Å². The van der Waals surface area contributed by atoms with Crippen LogP contribution >= 0.6 is 11.3 Å². The summed E-state index contributed by atoms with van der Waals surface area (Å²) in [5.74, 6) is 0. The smallest absolute Gasteiger partial charge is 0.252 e. The molecule has 2 heterocycles. The van der Waals surface area contributed by atoms with E-state index in [0.29, 0.717) is 17.2 Å². The Hall–Kier alpha value is -0.430. The second-order valence-electron chi connectivity index (χ2n) is 4.59. The zero-order valence-electron chi connectivity index (χ0n) is 10.4. The van der Waals surface area contributed by atoms with Gasteiger partial charge >= 0.3 is 0 Å². The van der Waals surface area contributed by atoms with E-state index in [1.807, 2.05) is 6.92 Å². The molecular weight excluding hydrogens is 270 g/mol. The minimum atomic E-state index is -3.43. The standard InChI is InChI=1S/C12H19NO3S2/c1-2-11(14)10-6-3-4-8-13(10)18(15,16)12-7-5-9-17-12/h5,7,9-11,14H,2-4,6,8H2,1H3. The number of hydrogen-bond acceptors (Lipinski definition) is 4. The zero-order chi connectivity index (χ0) is 13.2. The fourth-order valence-electron chi connectivity index (χ4n) is 2.41. The molecule has 0 bridgehead atoms. The van der Waals surface area contributed by atoms with Crippen molar-refractivity contribution in [2.75, 3.05) is 6.54 Å². The van der Waals surface area contributed by atoms with E-state index in [0.717, 1.165) is 19.3 Å².